The van der Waals surface area contributed by atoms with E-state index in [-0.39, 0.29) is 6.61 Å². The molecule has 0 unspecified atom stereocenters. The zero-order valence-electron chi connectivity index (χ0n) is 12.0. The number of hydrogen-bond acceptors (Lipinski definition) is 3. The number of rotatable bonds is 6. The maximum atomic E-state index is 6.17. The Kier molecular flexibility index (Phi) is 6.21. The molecular formula is C16H16Cl3NO2. The third-order valence-electron chi connectivity index (χ3n) is 3.05. The average Bonchev–Trinajstić information content (AvgIpc) is 2.52. The van der Waals surface area contributed by atoms with Gasteiger partial charge in [0, 0.05) is 17.1 Å². The highest BCUT2D eigenvalue weighted by Crippen LogP contribution is 2.34. The number of benzene rings is 2. The monoisotopic (exact) mass is 359 g/mol. The lowest BCUT2D eigenvalue weighted by Gasteiger charge is -2.14. The molecule has 2 aromatic carbocycles. The zero-order chi connectivity index (χ0) is 16.1. The molecule has 0 spiro atoms. The van der Waals surface area contributed by atoms with Gasteiger partial charge in [-0.15, -0.1) is 0 Å². The summed E-state index contributed by atoms with van der Waals surface area (Å²) in [5.74, 6) is 1.24. The van der Waals surface area contributed by atoms with Crippen LogP contribution >= 0.6 is 34.8 Å². The van der Waals surface area contributed by atoms with Gasteiger partial charge in [-0.1, -0.05) is 40.9 Å². The van der Waals surface area contributed by atoms with Crippen molar-refractivity contribution < 1.29 is 9.47 Å². The summed E-state index contributed by atoms with van der Waals surface area (Å²) in [7, 11) is 0. The van der Waals surface area contributed by atoms with Crippen LogP contribution in [0.3, 0.4) is 0 Å². The molecule has 0 aliphatic rings. The largest absolute Gasteiger partial charge is 0.490 e. The van der Waals surface area contributed by atoms with E-state index in [1.165, 1.54) is 0 Å². The normalized spacial score (nSPS) is 10.6. The molecule has 0 saturated carbocycles. The average molecular weight is 361 g/mol. The van der Waals surface area contributed by atoms with E-state index in [1.54, 1.807) is 12.1 Å². The van der Waals surface area contributed by atoms with E-state index in [9.17, 15) is 0 Å². The molecule has 2 rings (SSSR count). The van der Waals surface area contributed by atoms with Crippen molar-refractivity contribution in [3.05, 3.63) is 56.5 Å². The van der Waals surface area contributed by atoms with Gasteiger partial charge in [0.05, 0.1) is 16.7 Å². The summed E-state index contributed by atoms with van der Waals surface area (Å²) in [6, 6.07) is 8.91. The lowest BCUT2D eigenvalue weighted by molar-refractivity contribution is 0.269. The predicted octanol–water partition coefficient (Wildman–Crippen LogP) is 5.08. The number of ether oxygens (including phenoxy) is 2. The minimum absolute atomic E-state index is 0.195. The zero-order valence-corrected chi connectivity index (χ0v) is 14.3. The Balaban J connectivity index is 2.23. The van der Waals surface area contributed by atoms with Crippen LogP contribution in [0.15, 0.2) is 30.3 Å². The Morgan fingerprint density at radius 1 is 0.955 bits per heavy atom. The molecule has 0 radical (unpaired) electrons. The molecule has 6 heteroatoms. The van der Waals surface area contributed by atoms with Crippen molar-refractivity contribution in [2.45, 2.75) is 20.1 Å². The van der Waals surface area contributed by atoms with Crippen molar-refractivity contribution >= 4 is 34.8 Å². The predicted molar refractivity (Wildman–Crippen MR) is 91.3 cm³/mol. The highest BCUT2D eigenvalue weighted by Gasteiger charge is 2.12. The van der Waals surface area contributed by atoms with E-state index >= 15 is 0 Å². The summed E-state index contributed by atoms with van der Waals surface area (Å²) in [6.45, 7) is 3.07. The minimum atomic E-state index is 0.195. The lowest BCUT2D eigenvalue weighted by atomic mass is 10.2. The standard InChI is InChI=1S/C16H16Cl3NO2/c1-2-21-15-7-10(8-20)3-6-14(15)22-9-11-12(17)4-5-13(18)16(11)19/h3-7H,2,8-9,20H2,1H3. The van der Waals surface area contributed by atoms with Crippen molar-refractivity contribution in [3.63, 3.8) is 0 Å². The maximum Gasteiger partial charge on any atom is 0.161 e. The van der Waals surface area contributed by atoms with Gasteiger partial charge >= 0.3 is 0 Å². The minimum Gasteiger partial charge on any atom is -0.490 e. The van der Waals surface area contributed by atoms with Gasteiger partial charge in [-0.25, -0.2) is 0 Å². The molecule has 3 nitrogen and oxygen atoms in total. The van der Waals surface area contributed by atoms with E-state index in [2.05, 4.69) is 0 Å². The summed E-state index contributed by atoms with van der Waals surface area (Å²) in [5.41, 5.74) is 7.25. The van der Waals surface area contributed by atoms with E-state index < -0.39 is 0 Å². The first kappa shape index (κ1) is 17.2. The third kappa shape index (κ3) is 3.99. The van der Waals surface area contributed by atoms with E-state index in [4.69, 9.17) is 50.0 Å². The fraction of sp³-hybridized carbons (Fsp3) is 0.250. The fourth-order valence-corrected chi connectivity index (χ4v) is 2.58. The molecule has 0 saturated heterocycles. The molecule has 0 amide bonds. The second kappa shape index (κ2) is 7.93. The van der Waals surface area contributed by atoms with Gasteiger partial charge in [-0.2, -0.15) is 0 Å². The first-order valence-electron chi connectivity index (χ1n) is 6.77. The molecule has 118 valence electrons. The Hall–Kier alpha value is -1.13. The highest BCUT2D eigenvalue weighted by atomic mass is 35.5. The first-order chi connectivity index (χ1) is 10.6. The van der Waals surface area contributed by atoms with Crippen LogP contribution in [0.25, 0.3) is 0 Å². The summed E-state index contributed by atoms with van der Waals surface area (Å²) < 4.78 is 11.4. The number of nitrogens with two attached hydrogens (primary N) is 1. The molecule has 0 aromatic heterocycles. The van der Waals surface area contributed by atoms with Gasteiger partial charge in [0.25, 0.3) is 0 Å². The second-order valence-electron chi connectivity index (χ2n) is 4.53. The van der Waals surface area contributed by atoms with Crippen LogP contribution in [-0.4, -0.2) is 6.61 Å². The smallest absolute Gasteiger partial charge is 0.161 e. The summed E-state index contributed by atoms with van der Waals surface area (Å²) >= 11 is 18.3. The van der Waals surface area contributed by atoms with E-state index in [1.807, 2.05) is 25.1 Å². The van der Waals surface area contributed by atoms with Gasteiger partial charge in [-0.05, 0) is 36.8 Å². The number of halogens is 3. The molecule has 22 heavy (non-hydrogen) atoms. The van der Waals surface area contributed by atoms with Gasteiger partial charge < -0.3 is 15.2 Å². The molecule has 0 aliphatic carbocycles. The van der Waals surface area contributed by atoms with Crippen LogP contribution in [-0.2, 0) is 13.2 Å². The van der Waals surface area contributed by atoms with Crippen LogP contribution in [0, 0.1) is 0 Å². The molecule has 2 N–H and O–H groups in total. The molecule has 2 aromatic rings. The Labute approximate surface area is 144 Å². The van der Waals surface area contributed by atoms with Crippen molar-refractivity contribution in [1.82, 2.24) is 0 Å². The van der Waals surface area contributed by atoms with Crippen molar-refractivity contribution in [3.8, 4) is 11.5 Å². The van der Waals surface area contributed by atoms with Crippen LogP contribution in [0.2, 0.25) is 15.1 Å². The van der Waals surface area contributed by atoms with Crippen LogP contribution < -0.4 is 15.2 Å². The summed E-state index contributed by atoms with van der Waals surface area (Å²) in [6.07, 6.45) is 0. The third-order valence-corrected chi connectivity index (χ3v) is 4.25. The topological polar surface area (TPSA) is 44.5 Å². The van der Waals surface area contributed by atoms with Crippen molar-refractivity contribution in [1.29, 1.82) is 0 Å². The highest BCUT2D eigenvalue weighted by molar-refractivity contribution is 6.44. The van der Waals surface area contributed by atoms with Crippen LogP contribution in [0.1, 0.15) is 18.1 Å². The molecule has 0 aliphatic heterocycles. The number of hydrogen-bond donors (Lipinski definition) is 1. The van der Waals surface area contributed by atoms with Gasteiger partial charge in [-0.3, -0.25) is 0 Å². The molecule has 0 heterocycles. The summed E-state index contributed by atoms with van der Waals surface area (Å²) in [4.78, 5) is 0. The summed E-state index contributed by atoms with van der Waals surface area (Å²) in [5, 5.41) is 1.34. The molecule has 0 atom stereocenters. The van der Waals surface area contributed by atoms with Crippen molar-refractivity contribution in [2.75, 3.05) is 6.61 Å². The van der Waals surface area contributed by atoms with Crippen molar-refractivity contribution in [2.24, 2.45) is 5.73 Å². The van der Waals surface area contributed by atoms with Crippen LogP contribution in [0.5, 0.6) is 11.5 Å². The first-order valence-corrected chi connectivity index (χ1v) is 7.91. The van der Waals surface area contributed by atoms with E-state index in [0.29, 0.717) is 45.3 Å². The Morgan fingerprint density at radius 3 is 2.36 bits per heavy atom. The van der Waals surface area contributed by atoms with Gasteiger partial charge in [0.1, 0.15) is 6.61 Å². The molecule has 0 fully saturated rings. The van der Waals surface area contributed by atoms with Crippen LogP contribution in [0.4, 0.5) is 0 Å². The Bertz CT molecular complexity index is 662. The second-order valence-corrected chi connectivity index (χ2v) is 5.72. The quantitative estimate of drug-likeness (QED) is 0.730. The molecular weight excluding hydrogens is 345 g/mol. The fourth-order valence-electron chi connectivity index (χ4n) is 1.92. The Morgan fingerprint density at radius 2 is 1.68 bits per heavy atom. The SMILES string of the molecule is CCOc1cc(CN)ccc1OCc1c(Cl)ccc(Cl)c1Cl. The van der Waals surface area contributed by atoms with Gasteiger partial charge in [0.2, 0.25) is 0 Å². The maximum absolute atomic E-state index is 6.17. The molecule has 0 bridgehead atoms. The lowest BCUT2D eigenvalue weighted by Crippen LogP contribution is -2.03. The van der Waals surface area contributed by atoms with E-state index in [0.717, 1.165) is 5.56 Å². The van der Waals surface area contributed by atoms with Gasteiger partial charge in [0.15, 0.2) is 11.5 Å².